The highest BCUT2D eigenvalue weighted by Gasteiger charge is 2.32. The van der Waals surface area contributed by atoms with Crippen molar-refractivity contribution in [3.63, 3.8) is 0 Å². The predicted octanol–water partition coefficient (Wildman–Crippen LogP) is 4.99. The molecule has 0 saturated heterocycles. The van der Waals surface area contributed by atoms with Crippen LogP contribution in [0.5, 0.6) is 0 Å². The van der Waals surface area contributed by atoms with E-state index in [1.807, 2.05) is 30.3 Å². The van der Waals surface area contributed by atoms with Gasteiger partial charge in [0.2, 0.25) is 5.91 Å². The number of fused-ring (bicyclic) bond motifs is 1. The van der Waals surface area contributed by atoms with Gasteiger partial charge in [-0.15, -0.1) is 0 Å². The molecule has 40 heavy (non-hydrogen) atoms. The highest BCUT2D eigenvalue weighted by molar-refractivity contribution is 6.06. The molecule has 0 aliphatic heterocycles. The number of amides is 2. The lowest BCUT2D eigenvalue weighted by atomic mass is 10.0. The van der Waals surface area contributed by atoms with Crippen LogP contribution in [-0.4, -0.2) is 45.8 Å². The minimum atomic E-state index is -1.09. The Balaban J connectivity index is 1.48. The lowest BCUT2D eigenvalue weighted by molar-refractivity contribution is -0.133. The molecular weight excluding hydrogens is 506 g/mol. The lowest BCUT2D eigenvalue weighted by Crippen LogP contribution is -2.49. The molecule has 2 aromatic heterocycles. The fourth-order valence-electron chi connectivity index (χ4n) is 4.54. The van der Waals surface area contributed by atoms with Gasteiger partial charge in [-0.2, -0.15) is 4.98 Å². The minimum Gasteiger partial charge on any atom is -0.389 e. The van der Waals surface area contributed by atoms with Crippen LogP contribution in [0.1, 0.15) is 54.4 Å². The summed E-state index contributed by atoms with van der Waals surface area (Å²) in [5, 5.41) is 6.12. The fourth-order valence-corrected chi connectivity index (χ4v) is 4.54. The van der Waals surface area contributed by atoms with Crippen LogP contribution in [0.3, 0.4) is 0 Å². The monoisotopic (exact) mass is 541 g/mol. The highest BCUT2D eigenvalue weighted by atomic mass is 16.4. The molecule has 0 spiro atoms. The Morgan fingerprint density at radius 2 is 1.77 bits per heavy atom. The summed E-state index contributed by atoms with van der Waals surface area (Å²) in [6.07, 6.45) is 4.33. The first-order valence-corrected chi connectivity index (χ1v) is 13.4. The third-order valence-corrected chi connectivity index (χ3v) is 6.79. The molecule has 4 aromatic rings. The first-order valence-electron chi connectivity index (χ1n) is 13.4. The quantitative estimate of drug-likeness (QED) is 0.290. The summed E-state index contributed by atoms with van der Waals surface area (Å²) in [4.78, 5) is 49.4. The molecule has 4 rings (SSSR count). The van der Waals surface area contributed by atoms with Crippen molar-refractivity contribution in [2.24, 2.45) is 0 Å². The van der Waals surface area contributed by atoms with Crippen molar-refractivity contribution in [1.82, 2.24) is 14.9 Å². The van der Waals surface area contributed by atoms with Gasteiger partial charge in [-0.1, -0.05) is 31.5 Å². The Hall–Kier alpha value is -4.53. The van der Waals surface area contributed by atoms with E-state index >= 15 is 0 Å². The van der Waals surface area contributed by atoms with Crippen LogP contribution < -0.4 is 16.3 Å². The number of pyridine rings is 1. The zero-order chi connectivity index (χ0) is 28.9. The molecule has 9 nitrogen and oxygen atoms in total. The van der Waals surface area contributed by atoms with Gasteiger partial charge in [-0.05, 0) is 74.7 Å². The van der Waals surface area contributed by atoms with Crippen LogP contribution in [-0.2, 0) is 17.6 Å². The topological polar surface area (TPSA) is 117 Å². The second kappa shape index (κ2) is 12.1. The first kappa shape index (κ1) is 28.5. The smallest absolute Gasteiger partial charge is 0.348 e. The van der Waals surface area contributed by atoms with E-state index in [0.717, 1.165) is 18.5 Å². The van der Waals surface area contributed by atoms with Crippen LogP contribution in [0.25, 0.3) is 10.9 Å². The molecule has 2 aromatic carbocycles. The summed E-state index contributed by atoms with van der Waals surface area (Å²) in [5.74, 6) is -0.460. The number of likely N-dealkylation sites (N-methyl/N-ethyl adjacent to an activating group) is 1. The summed E-state index contributed by atoms with van der Waals surface area (Å²) in [6.45, 7) is 7.73. The van der Waals surface area contributed by atoms with Crippen molar-refractivity contribution in [3.05, 3.63) is 93.6 Å². The van der Waals surface area contributed by atoms with Crippen molar-refractivity contribution in [2.75, 3.05) is 24.2 Å². The van der Waals surface area contributed by atoms with Gasteiger partial charge < -0.3 is 20.0 Å². The molecule has 0 radical (unpaired) electrons. The molecule has 208 valence electrons. The van der Waals surface area contributed by atoms with Crippen LogP contribution in [0, 0.1) is 6.92 Å². The van der Waals surface area contributed by atoms with Gasteiger partial charge in [-0.3, -0.25) is 14.6 Å². The Morgan fingerprint density at radius 3 is 2.45 bits per heavy atom. The van der Waals surface area contributed by atoms with E-state index in [2.05, 4.69) is 27.5 Å². The molecule has 0 atom stereocenters. The Morgan fingerprint density at radius 1 is 1.02 bits per heavy atom. The van der Waals surface area contributed by atoms with E-state index < -0.39 is 11.2 Å². The van der Waals surface area contributed by atoms with Crippen molar-refractivity contribution in [2.45, 2.75) is 52.5 Å². The maximum Gasteiger partial charge on any atom is 0.348 e. The number of benzene rings is 2. The van der Waals surface area contributed by atoms with Gasteiger partial charge in [0.1, 0.15) is 5.54 Å². The molecule has 0 unspecified atom stereocenters. The average molecular weight is 542 g/mol. The number of rotatable bonds is 10. The van der Waals surface area contributed by atoms with Crippen LogP contribution >= 0.6 is 0 Å². The number of nitrogens with zero attached hydrogens (tertiary/aromatic N) is 3. The number of hydrogen-bond donors (Lipinski definition) is 2. The Bertz CT molecular complexity index is 1560. The van der Waals surface area contributed by atoms with Gasteiger partial charge in [0.05, 0.1) is 10.9 Å². The normalized spacial score (nSPS) is 11.3. The van der Waals surface area contributed by atoms with Gasteiger partial charge in [-0.25, -0.2) is 4.79 Å². The molecule has 9 heteroatoms. The number of nitrogens with one attached hydrogen (secondary N) is 2. The molecule has 0 fully saturated rings. The average Bonchev–Trinajstić information content (AvgIpc) is 2.93. The van der Waals surface area contributed by atoms with Crippen molar-refractivity contribution >= 4 is 34.4 Å². The molecule has 0 aliphatic rings. The van der Waals surface area contributed by atoms with E-state index in [9.17, 15) is 14.4 Å². The third-order valence-electron chi connectivity index (χ3n) is 6.79. The summed E-state index contributed by atoms with van der Waals surface area (Å²) in [5.41, 5.74) is 2.33. The molecule has 2 amide bonds. The number of hydrogen-bond acceptors (Lipinski definition) is 7. The number of aromatic nitrogens is 2. The number of carbonyl (C=O) groups excluding carboxylic acids is 2. The Kier molecular flexibility index (Phi) is 8.62. The predicted molar refractivity (Wildman–Crippen MR) is 157 cm³/mol. The zero-order valence-corrected chi connectivity index (χ0v) is 23.6. The molecule has 0 bridgehead atoms. The van der Waals surface area contributed by atoms with Crippen molar-refractivity contribution < 1.29 is 14.0 Å². The Labute approximate surface area is 233 Å². The number of aryl methyl sites for hydroxylation is 2. The van der Waals surface area contributed by atoms with Gasteiger partial charge >= 0.3 is 5.63 Å². The van der Waals surface area contributed by atoms with Gasteiger partial charge in [0.25, 0.3) is 11.9 Å². The van der Waals surface area contributed by atoms with Gasteiger partial charge in [0, 0.05) is 43.2 Å². The molecular formula is C31H35N5O4. The summed E-state index contributed by atoms with van der Waals surface area (Å²) in [6, 6.07) is 16.5. The van der Waals surface area contributed by atoms with Crippen molar-refractivity contribution in [3.8, 4) is 0 Å². The van der Waals surface area contributed by atoms with E-state index in [0.29, 0.717) is 35.3 Å². The summed E-state index contributed by atoms with van der Waals surface area (Å²) >= 11 is 0. The van der Waals surface area contributed by atoms with Crippen molar-refractivity contribution in [1.29, 1.82) is 0 Å². The summed E-state index contributed by atoms with van der Waals surface area (Å²) < 4.78 is 5.48. The van der Waals surface area contributed by atoms with E-state index in [1.165, 1.54) is 5.56 Å². The third kappa shape index (κ3) is 6.54. The minimum absolute atomic E-state index is 0.0580. The zero-order valence-electron chi connectivity index (χ0n) is 23.6. The van der Waals surface area contributed by atoms with Gasteiger partial charge in [0.15, 0.2) is 0 Å². The van der Waals surface area contributed by atoms with E-state index in [4.69, 9.17) is 4.42 Å². The fraction of sp³-hybridized carbons (Fsp3) is 0.323. The molecule has 2 N–H and O–H groups in total. The standard InChI is InChI=1S/C31H35N5O4/c1-6-9-21-11-13-22(14-12-21)27(37)33-24-15-16-25-26(20(24)2)28(38)40-30(34-25)35-31(3,4)29(39)36(5)19-17-23-10-7-8-18-32-23/h7-8,10-16,18H,6,9,17,19H2,1-5H3,(H,33,37)(H,34,35). The second-order valence-electron chi connectivity index (χ2n) is 10.4. The number of anilines is 2. The SMILES string of the molecule is CCCc1ccc(C(=O)Nc2ccc3nc(NC(C)(C)C(=O)N(C)CCc4ccccn4)oc(=O)c3c2C)cc1. The first-order chi connectivity index (χ1) is 19.1. The van der Waals surface area contributed by atoms with Crippen LogP contribution in [0.15, 0.2) is 70.0 Å². The largest absolute Gasteiger partial charge is 0.389 e. The van der Waals surface area contributed by atoms with Crippen LogP contribution in [0.2, 0.25) is 0 Å². The molecule has 0 saturated carbocycles. The number of carbonyl (C=O) groups is 2. The second-order valence-corrected chi connectivity index (χ2v) is 10.4. The molecule has 0 aliphatic carbocycles. The van der Waals surface area contributed by atoms with E-state index in [-0.39, 0.29) is 23.2 Å². The maximum atomic E-state index is 13.2. The maximum absolute atomic E-state index is 13.2. The summed E-state index contributed by atoms with van der Waals surface area (Å²) in [7, 11) is 1.72. The van der Waals surface area contributed by atoms with E-state index in [1.54, 1.807) is 63.2 Å². The highest BCUT2D eigenvalue weighted by Crippen LogP contribution is 2.25. The van der Waals surface area contributed by atoms with Crippen LogP contribution in [0.4, 0.5) is 11.7 Å². The molecule has 2 heterocycles. The lowest BCUT2D eigenvalue weighted by Gasteiger charge is -2.30.